The van der Waals surface area contributed by atoms with E-state index in [0.717, 1.165) is 28.3 Å². The lowest BCUT2D eigenvalue weighted by Gasteiger charge is -2.14. The minimum absolute atomic E-state index is 0.0772. The van der Waals surface area contributed by atoms with E-state index in [4.69, 9.17) is 0 Å². The SMILES string of the molecule is Cc1nn(-c2ccccc2)c(C)c1NC(=O)CN[C@@H](C)c1ccccc1. The van der Waals surface area contributed by atoms with Gasteiger partial charge in [-0.15, -0.1) is 0 Å². The highest BCUT2D eigenvalue weighted by Crippen LogP contribution is 2.22. The van der Waals surface area contributed by atoms with Crippen molar-refractivity contribution >= 4 is 11.6 Å². The van der Waals surface area contributed by atoms with Crippen LogP contribution in [0.1, 0.15) is 29.9 Å². The third-order valence-corrected chi connectivity index (χ3v) is 4.42. The number of anilines is 1. The highest BCUT2D eigenvalue weighted by Gasteiger charge is 2.15. The molecule has 5 heteroatoms. The number of nitrogens with one attached hydrogen (secondary N) is 2. The van der Waals surface area contributed by atoms with Crippen LogP contribution < -0.4 is 10.6 Å². The van der Waals surface area contributed by atoms with Crippen LogP contribution in [-0.2, 0) is 4.79 Å². The van der Waals surface area contributed by atoms with Gasteiger partial charge in [-0.25, -0.2) is 4.68 Å². The second-order valence-electron chi connectivity index (χ2n) is 6.35. The number of nitrogens with zero attached hydrogens (tertiary/aromatic N) is 2. The van der Waals surface area contributed by atoms with E-state index >= 15 is 0 Å². The van der Waals surface area contributed by atoms with Crippen LogP contribution in [0.4, 0.5) is 5.69 Å². The van der Waals surface area contributed by atoms with Gasteiger partial charge in [-0.1, -0.05) is 48.5 Å². The van der Waals surface area contributed by atoms with Gasteiger partial charge in [0.25, 0.3) is 0 Å². The predicted molar refractivity (Wildman–Crippen MR) is 105 cm³/mol. The molecule has 5 nitrogen and oxygen atoms in total. The summed E-state index contributed by atoms with van der Waals surface area (Å²) in [6.45, 7) is 6.16. The topological polar surface area (TPSA) is 59.0 Å². The fraction of sp³-hybridized carbons (Fsp3) is 0.238. The lowest BCUT2D eigenvalue weighted by atomic mass is 10.1. The van der Waals surface area contributed by atoms with Crippen molar-refractivity contribution in [2.45, 2.75) is 26.8 Å². The number of aromatic nitrogens is 2. The van der Waals surface area contributed by atoms with Crippen LogP contribution in [0.3, 0.4) is 0 Å². The van der Waals surface area contributed by atoms with Crippen molar-refractivity contribution in [2.75, 3.05) is 11.9 Å². The zero-order chi connectivity index (χ0) is 18.5. The van der Waals surface area contributed by atoms with Gasteiger partial charge in [-0.3, -0.25) is 4.79 Å². The number of hydrogen-bond donors (Lipinski definition) is 2. The van der Waals surface area contributed by atoms with Crippen LogP contribution in [0, 0.1) is 13.8 Å². The Kier molecular flexibility index (Phi) is 5.49. The van der Waals surface area contributed by atoms with Crippen molar-refractivity contribution in [2.24, 2.45) is 0 Å². The summed E-state index contributed by atoms with van der Waals surface area (Å²) in [7, 11) is 0. The minimum Gasteiger partial charge on any atom is -0.322 e. The Labute approximate surface area is 154 Å². The molecule has 1 heterocycles. The average Bonchev–Trinajstić information content (AvgIpc) is 2.95. The van der Waals surface area contributed by atoms with E-state index in [9.17, 15) is 4.79 Å². The monoisotopic (exact) mass is 348 g/mol. The van der Waals surface area contributed by atoms with Crippen molar-refractivity contribution in [3.05, 3.63) is 77.6 Å². The molecule has 0 saturated heterocycles. The van der Waals surface area contributed by atoms with Crippen molar-refractivity contribution in [1.82, 2.24) is 15.1 Å². The second-order valence-corrected chi connectivity index (χ2v) is 6.35. The Hall–Kier alpha value is -2.92. The number of hydrogen-bond acceptors (Lipinski definition) is 3. The number of carbonyl (C=O) groups excluding carboxylic acids is 1. The first-order valence-corrected chi connectivity index (χ1v) is 8.76. The van der Waals surface area contributed by atoms with E-state index in [-0.39, 0.29) is 18.5 Å². The van der Waals surface area contributed by atoms with Gasteiger partial charge in [0.15, 0.2) is 0 Å². The zero-order valence-electron chi connectivity index (χ0n) is 15.4. The lowest BCUT2D eigenvalue weighted by molar-refractivity contribution is -0.115. The van der Waals surface area contributed by atoms with E-state index in [1.807, 2.05) is 86.1 Å². The Bertz CT molecular complexity index is 872. The van der Waals surface area contributed by atoms with Gasteiger partial charge in [-0.2, -0.15) is 5.10 Å². The maximum absolute atomic E-state index is 12.4. The van der Waals surface area contributed by atoms with Crippen LogP contribution in [0.2, 0.25) is 0 Å². The molecule has 134 valence electrons. The highest BCUT2D eigenvalue weighted by atomic mass is 16.1. The molecule has 0 aliphatic carbocycles. The summed E-state index contributed by atoms with van der Waals surface area (Å²) in [5, 5.41) is 10.8. The molecule has 1 amide bonds. The van der Waals surface area contributed by atoms with E-state index in [2.05, 4.69) is 15.7 Å². The highest BCUT2D eigenvalue weighted by molar-refractivity contribution is 5.93. The molecule has 0 saturated carbocycles. The molecule has 3 aromatic rings. The van der Waals surface area contributed by atoms with E-state index in [1.54, 1.807) is 0 Å². The number of carbonyl (C=O) groups is 1. The Morgan fingerprint density at radius 2 is 1.65 bits per heavy atom. The summed E-state index contributed by atoms with van der Waals surface area (Å²) in [5.41, 5.74) is 4.62. The summed E-state index contributed by atoms with van der Waals surface area (Å²) in [6.07, 6.45) is 0. The molecule has 0 spiro atoms. The van der Waals surface area contributed by atoms with Crippen LogP contribution in [-0.4, -0.2) is 22.2 Å². The third kappa shape index (κ3) is 4.00. The molecule has 0 radical (unpaired) electrons. The molecule has 3 rings (SSSR count). The Morgan fingerprint density at radius 1 is 1.04 bits per heavy atom. The first-order chi connectivity index (χ1) is 12.6. The van der Waals surface area contributed by atoms with Gasteiger partial charge in [-0.05, 0) is 38.5 Å². The molecule has 0 fully saturated rings. The number of para-hydroxylation sites is 1. The van der Waals surface area contributed by atoms with Crippen LogP contribution in [0.25, 0.3) is 5.69 Å². The molecule has 0 aliphatic heterocycles. The van der Waals surface area contributed by atoms with Gasteiger partial charge >= 0.3 is 0 Å². The summed E-state index contributed by atoms with van der Waals surface area (Å²) >= 11 is 0. The van der Waals surface area contributed by atoms with Crippen LogP contribution in [0.15, 0.2) is 60.7 Å². The molecule has 0 bridgehead atoms. The van der Waals surface area contributed by atoms with Crippen molar-refractivity contribution < 1.29 is 4.79 Å². The fourth-order valence-electron chi connectivity index (χ4n) is 2.93. The quantitative estimate of drug-likeness (QED) is 0.713. The van der Waals surface area contributed by atoms with Gasteiger partial charge < -0.3 is 10.6 Å². The van der Waals surface area contributed by atoms with E-state index in [1.165, 1.54) is 0 Å². The lowest BCUT2D eigenvalue weighted by Crippen LogP contribution is -2.30. The zero-order valence-corrected chi connectivity index (χ0v) is 15.4. The molecular formula is C21H24N4O. The van der Waals surface area contributed by atoms with Gasteiger partial charge in [0.2, 0.25) is 5.91 Å². The van der Waals surface area contributed by atoms with Gasteiger partial charge in [0.1, 0.15) is 0 Å². The molecule has 1 aromatic heterocycles. The third-order valence-electron chi connectivity index (χ3n) is 4.42. The first kappa shape index (κ1) is 17.9. The molecule has 26 heavy (non-hydrogen) atoms. The standard InChI is InChI=1S/C21H24N4O/c1-15(18-10-6-4-7-11-18)22-14-20(26)23-21-16(2)24-25(17(21)3)19-12-8-5-9-13-19/h4-13,15,22H,14H2,1-3H3,(H,23,26)/t15-/m0/s1. The summed E-state index contributed by atoms with van der Waals surface area (Å²) in [4.78, 5) is 12.4. The smallest absolute Gasteiger partial charge is 0.238 e. The van der Waals surface area contributed by atoms with Crippen LogP contribution >= 0.6 is 0 Å². The number of amides is 1. The molecular weight excluding hydrogens is 324 g/mol. The van der Waals surface area contributed by atoms with Crippen LogP contribution in [0.5, 0.6) is 0 Å². The second kappa shape index (κ2) is 7.97. The number of benzene rings is 2. The van der Waals surface area contributed by atoms with Gasteiger partial charge in [0, 0.05) is 6.04 Å². The predicted octanol–water partition coefficient (Wildman–Crippen LogP) is 3.78. The van der Waals surface area contributed by atoms with E-state index < -0.39 is 0 Å². The average molecular weight is 348 g/mol. The molecule has 1 atom stereocenters. The fourth-order valence-corrected chi connectivity index (χ4v) is 2.93. The Morgan fingerprint density at radius 3 is 2.31 bits per heavy atom. The number of rotatable bonds is 6. The normalized spacial score (nSPS) is 12.0. The van der Waals surface area contributed by atoms with Crippen molar-refractivity contribution in [3.63, 3.8) is 0 Å². The molecule has 0 aliphatic rings. The van der Waals surface area contributed by atoms with Crippen molar-refractivity contribution in [1.29, 1.82) is 0 Å². The first-order valence-electron chi connectivity index (χ1n) is 8.76. The summed E-state index contributed by atoms with van der Waals surface area (Å²) in [6, 6.07) is 20.1. The van der Waals surface area contributed by atoms with Gasteiger partial charge in [0.05, 0.1) is 29.3 Å². The van der Waals surface area contributed by atoms with Crippen molar-refractivity contribution in [3.8, 4) is 5.69 Å². The molecule has 2 N–H and O–H groups in total. The maximum atomic E-state index is 12.4. The number of aryl methyl sites for hydroxylation is 1. The molecule has 0 unspecified atom stereocenters. The Balaban J connectivity index is 1.65. The molecule has 2 aromatic carbocycles. The maximum Gasteiger partial charge on any atom is 0.238 e. The minimum atomic E-state index is -0.0772. The summed E-state index contributed by atoms with van der Waals surface area (Å²) in [5.74, 6) is -0.0772. The largest absolute Gasteiger partial charge is 0.322 e. The van der Waals surface area contributed by atoms with E-state index in [0.29, 0.717) is 0 Å². The summed E-state index contributed by atoms with van der Waals surface area (Å²) < 4.78 is 1.85.